The van der Waals surface area contributed by atoms with Crippen molar-refractivity contribution >= 4 is 38.9 Å². The zero-order valence-corrected chi connectivity index (χ0v) is 42.9. The minimum absolute atomic E-state index is 0.143. The molecular weight excluding hydrogens is 893 g/mol. The van der Waals surface area contributed by atoms with Gasteiger partial charge in [0, 0.05) is 38.9 Å². The van der Waals surface area contributed by atoms with E-state index in [1.54, 1.807) is 0 Å². The summed E-state index contributed by atoms with van der Waals surface area (Å²) in [5, 5.41) is 2.46. The van der Waals surface area contributed by atoms with E-state index in [0.29, 0.717) is 0 Å². The van der Waals surface area contributed by atoms with Crippen LogP contribution in [0.15, 0.2) is 273 Å². The quantitative estimate of drug-likeness (QED) is 0.125. The van der Waals surface area contributed by atoms with Crippen LogP contribution in [0.4, 0.5) is 17.1 Å². The van der Waals surface area contributed by atoms with Gasteiger partial charge in [-0.1, -0.05) is 222 Å². The molecule has 1 aromatic heterocycles. The standard InChI is InChI=1S/C70H54N2.C2H6/c1-49-18-13-15-28-67(49)70(2,3)60-35-41-63(42-36-60)71(61-37-30-53(31-38-61)50-19-7-4-8-20-50)62-39-32-54(33-40-62)55-25-17-26-56(44-55)57-34-43-69-66(48-57)65-27-14-16-29-68(65)72(69)64-46-58(51-21-9-5-10-22-51)45-59(47-64)52-23-11-6-12-24-52;1-2/h4-48H,1-3H3;1-2H3. The summed E-state index contributed by atoms with van der Waals surface area (Å²) in [6.45, 7) is 10.9. The SMILES string of the molecule is CC.Cc1ccccc1C(C)(C)c1ccc(N(c2ccc(-c3ccccc3)cc2)c2ccc(-c3cccc(-c4ccc5c(c4)c4ccccc4n5-c4cc(-c5ccccc5)cc(-c5ccccc5)c4)c3)cc2)cc1. The molecule has 0 fully saturated rings. The molecule has 0 radical (unpaired) electrons. The monoisotopic (exact) mass is 952 g/mol. The van der Waals surface area contributed by atoms with E-state index in [9.17, 15) is 0 Å². The Morgan fingerprint density at radius 3 is 1.27 bits per heavy atom. The van der Waals surface area contributed by atoms with Gasteiger partial charge in [0.2, 0.25) is 0 Å². The summed E-state index contributed by atoms with van der Waals surface area (Å²) in [4.78, 5) is 2.37. The summed E-state index contributed by atoms with van der Waals surface area (Å²) >= 11 is 0. The van der Waals surface area contributed by atoms with E-state index in [0.717, 1.165) is 22.7 Å². The molecule has 0 N–H and O–H groups in total. The molecule has 1 heterocycles. The molecule has 0 aliphatic rings. The fraction of sp³-hybridized carbons (Fsp3) is 0.0833. The average molecular weight is 953 g/mol. The minimum Gasteiger partial charge on any atom is -0.311 e. The number of aromatic nitrogens is 1. The van der Waals surface area contributed by atoms with Crippen molar-refractivity contribution in [2.75, 3.05) is 4.90 Å². The van der Waals surface area contributed by atoms with Crippen LogP contribution in [0.25, 0.3) is 83.1 Å². The first-order valence-electron chi connectivity index (χ1n) is 26.0. The van der Waals surface area contributed by atoms with Crippen LogP contribution < -0.4 is 4.90 Å². The fourth-order valence-corrected chi connectivity index (χ4v) is 10.8. The van der Waals surface area contributed by atoms with Crippen molar-refractivity contribution in [1.29, 1.82) is 0 Å². The van der Waals surface area contributed by atoms with Crippen molar-refractivity contribution in [3.8, 4) is 61.3 Å². The Labute approximate surface area is 437 Å². The number of hydrogen-bond donors (Lipinski definition) is 0. The number of rotatable bonds is 11. The van der Waals surface area contributed by atoms with Crippen LogP contribution in [-0.4, -0.2) is 4.57 Å². The van der Waals surface area contributed by atoms with Crippen LogP contribution in [0, 0.1) is 6.92 Å². The van der Waals surface area contributed by atoms with Crippen molar-refractivity contribution < 1.29 is 0 Å². The highest BCUT2D eigenvalue weighted by molar-refractivity contribution is 6.10. The lowest BCUT2D eigenvalue weighted by atomic mass is 9.76. The lowest BCUT2D eigenvalue weighted by molar-refractivity contribution is 0.636. The van der Waals surface area contributed by atoms with Crippen molar-refractivity contribution in [3.05, 3.63) is 290 Å². The van der Waals surface area contributed by atoms with E-state index >= 15 is 0 Å². The maximum Gasteiger partial charge on any atom is 0.0541 e. The lowest BCUT2D eigenvalue weighted by Crippen LogP contribution is -2.20. The van der Waals surface area contributed by atoms with Gasteiger partial charge in [-0.25, -0.2) is 0 Å². The van der Waals surface area contributed by atoms with Gasteiger partial charge in [0.05, 0.1) is 11.0 Å². The number of aryl methyl sites for hydroxylation is 1. The number of benzene rings is 11. The first-order valence-corrected chi connectivity index (χ1v) is 26.0. The molecule has 11 aromatic carbocycles. The summed E-state index contributed by atoms with van der Waals surface area (Å²) in [5.74, 6) is 0. The molecule has 0 amide bonds. The summed E-state index contributed by atoms with van der Waals surface area (Å²) in [5.41, 5.74) is 22.5. The summed E-state index contributed by atoms with van der Waals surface area (Å²) in [6.07, 6.45) is 0. The first-order chi connectivity index (χ1) is 36.4. The van der Waals surface area contributed by atoms with Crippen LogP contribution in [0.2, 0.25) is 0 Å². The topological polar surface area (TPSA) is 8.17 Å². The minimum atomic E-state index is -0.143. The van der Waals surface area contributed by atoms with Gasteiger partial charge in [-0.2, -0.15) is 0 Å². The fourth-order valence-electron chi connectivity index (χ4n) is 10.8. The Morgan fingerprint density at radius 1 is 0.311 bits per heavy atom. The molecular formula is C72H60N2. The number of anilines is 3. The summed E-state index contributed by atoms with van der Waals surface area (Å²) in [6, 6.07) is 99.6. The van der Waals surface area contributed by atoms with Crippen molar-refractivity contribution in [2.24, 2.45) is 0 Å². The molecule has 74 heavy (non-hydrogen) atoms. The van der Waals surface area contributed by atoms with Crippen molar-refractivity contribution in [3.63, 3.8) is 0 Å². The van der Waals surface area contributed by atoms with Gasteiger partial charge in [-0.3, -0.25) is 0 Å². The van der Waals surface area contributed by atoms with E-state index < -0.39 is 0 Å². The Morgan fingerprint density at radius 2 is 0.703 bits per heavy atom. The molecule has 2 heteroatoms. The van der Waals surface area contributed by atoms with Gasteiger partial charge in [-0.05, 0) is 158 Å². The molecule has 0 unspecified atom stereocenters. The summed E-state index contributed by atoms with van der Waals surface area (Å²) < 4.78 is 2.44. The molecule has 0 saturated carbocycles. The molecule has 358 valence electrons. The van der Waals surface area contributed by atoms with E-state index in [1.165, 1.54) is 94.1 Å². The van der Waals surface area contributed by atoms with Gasteiger partial charge in [-0.15, -0.1) is 0 Å². The number of hydrogen-bond acceptors (Lipinski definition) is 1. The van der Waals surface area contributed by atoms with Crippen molar-refractivity contribution in [1.82, 2.24) is 4.57 Å². The normalized spacial score (nSPS) is 11.3. The first kappa shape index (κ1) is 47.4. The second-order valence-corrected chi connectivity index (χ2v) is 19.4. The average Bonchev–Trinajstić information content (AvgIpc) is 3.81. The van der Waals surface area contributed by atoms with Crippen LogP contribution in [0.5, 0.6) is 0 Å². The molecule has 2 nitrogen and oxygen atoms in total. The van der Waals surface area contributed by atoms with Gasteiger partial charge in [0.1, 0.15) is 0 Å². The zero-order valence-electron chi connectivity index (χ0n) is 42.9. The summed E-state index contributed by atoms with van der Waals surface area (Å²) in [7, 11) is 0. The lowest BCUT2D eigenvalue weighted by Gasteiger charge is -2.30. The molecule has 0 spiro atoms. The second kappa shape index (κ2) is 20.6. The van der Waals surface area contributed by atoms with Crippen LogP contribution in [-0.2, 0) is 5.41 Å². The van der Waals surface area contributed by atoms with Crippen LogP contribution in [0.3, 0.4) is 0 Å². The third-order valence-corrected chi connectivity index (χ3v) is 14.6. The number of fused-ring (bicyclic) bond motifs is 3. The zero-order chi connectivity index (χ0) is 50.6. The predicted octanol–water partition coefficient (Wildman–Crippen LogP) is 20.2. The van der Waals surface area contributed by atoms with E-state index in [4.69, 9.17) is 0 Å². The predicted molar refractivity (Wildman–Crippen MR) is 317 cm³/mol. The van der Waals surface area contributed by atoms with Crippen LogP contribution in [0.1, 0.15) is 44.4 Å². The Bertz CT molecular complexity index is 3790. The van der Waals surface area contributed by atoms with E-state index in [1.807, 2.05) is 13.8 Å². The van der Waals surface area contributed by atoms with Gasteiger partial charge in [0.25, 0.3) is 0 Å². The molecule has 0 aliphatic heterocycles. The van der Waals surface area contributed by atoms with Crippen molar-refractivity contribution in [2.45, 2.75) is 40.0 Å². The Hall–Kier alpha value is -8.98. The third-order valence-electron chi connectivity index (χ3n) is 14.6. The Kier molecular flexibility index (Phi) is 13.2. The highest BCUT2D eigenvalue weighted by Crippen LogP contribution is 2.42. The van der Waals surface area contributed by atoms with Crippen LogP contribution >= 0.6 is 0 Å². The molecule has 0 saturated heterocycles. The molecule has 0 aliphatic carbocycles. The largest absolute Gasteiger partial charge is 0.311 e. The number of nitrogens with zero attached hydrogens (tertiary/aromatic N) is 2. The highest BCUT2D eigenvalue weighted by Gasteiger charge is 2.25. The smallest absolute Gasteiger partial charge is 0.0541 e. The molecule has 12 aromatic rings. The third kappa shape index (κ3) is 9.23. The van der Waals surface area contributed by atoms with E-state index in [2.05, 4.69) is 303 Å². The van der Waals surface area contributed by atoms with Gasteiger partial charge in [0.15, 0.2) is 0 Å². The Balaban J connectivity index is 0.00000291. The molecule has 0 bridgehead atoms. The maximum absolute atomic E-state index is 2.44. The van der Waals surface area contributed by atoms with Gasteiger partial charge < -0.3 is 9.47 Å². The molecule has 0 atom stereocenters. The number of para-hydroxylation sites is 1. The van der Waals surface area contributed by atoms with Gasteiger partial charge >= 0.3 is 0 Å². The second-order valence-electron chi connectivity index (χ2n) is 19.4. The molecule has 12 rings (SSSR count). The maximum atomic E-state index is 2.44. The van der Waals surface area contributed by atoms with E-state index in [-0.39, 0.29) is 5.41 Å². The highest BCUT2D eigenvalue weighted by atomic mass is 15.1.